The number of benzene rings is 3. The molecular formula is C28H23N5O3. The van der Waals surface area contributed by atoms with E-state index < -0.39 is 0 Å². The number of hydrogen-bond donors (Lipinski definition) is 0. The van der Waals surface area contributed by atoms with Crippen molar-refractivity contribution in [2.75, 3.05) is 14.2 Å². The van der Waals surface area contributed by atoms with Crippen molar-refractivity contribution in [3.05, 3.63) is 94.5 Å². The fourth-order valence-corrected chi connectivity index (χ4v) is 4.71. The lowest BCUT2D eigenvalue weighted by atomic mass is 10.2. The highest BCUT2D eigenvalue weighted by Crippen LogP contribution is 2.30. The first-order valence-corrected chi connectivity index (χ1v) is 11.5. The summed E-state index contributed by atoms with van der Waals surface area (Å²) < 4.78 is 14.7. The summed E-state index contributed by atoms with van der Waals surface area (Å²) in [4.78, 5) is 28.8. The van der Waals surface area contributed by atoms with Gasteiger partial charge in [-0.3, -0.25) is 9.36 Å². The molecule has 0 saturated heterocycles. The van der Waals surface area contributed by atoms with Gasteiger partial charge in [-0.25, -0.2) is 15.0 Å². The standard InChI is InChI=1S/C28H23N5O3/c1-17-29-26-24(28(34)33(17)21-13-7-9-15-23(21)36-3)25-27(31-20-12-6-5-11-19(20)30-25)32(26)16-18-10-4-8-14-22(18)35-2/h4-15H,16H2,1-3H3. The zero-order valence-electron chi connectivity index (χ0n) is 20.1. The maximum atomic E-state index is 14.1. The molecule has 8 heteroatoms. The van der Waals surface area contributed by atoms with Crippen LogP contribution in [-0.2, 0) is 6.54 Å². The third-order valence-electron chi connectivity index (χ3n) is 6.38. The second-order valence-corrected chi connectivity index (χ2v) is 8.45. The van der Waals surface area contributed by atoms with Crippen molar-refractivity contribution in [3.8, 4) is 17.2 Å². The van der Waals surface area contributed by atoms with Gasteiger partial charge in [0.05, 0.1) is 37.5 Å². The van der Waals surface area contributed by atoms with Crippen molar-refractivity contribution in [3.63, 3.8) is 0 Å². The molecule has 0 atom stereocenters. The number of rotatable bonds is 5. The van der Waals surface area contributed by atoms with Crippen molar-refractivity contribution < 1.29 is 9.47 Å². The van der Waals surface area contributed by atoms with Crippen LogP contribution in [0, 0.1) is 6.92 Å². The summed E-state index contributed by atoms with van der Waals surface area (Å²) in [6.45, 7) is 2.23. The highest BCUT2D eigenvalue weighted by atomic mass is 16.5. The van der Waals surface area contributed by atoms with Crippen molar-refractivity contribution in [1.82, 2.24) is 24.1 Å². The van der Waals surface area contributed by atoms with Gasteiger partial charge in [0.2, 0.25) is 0 Å². The molecule has 178 valence electrons. The third-order valence-corrected chi connectivity index (χ3v) is 6.38. The number of fused-ring (bicyclic) bond motifs is 4. The van der Waals surface area contributed by atoms with Crippen LogP contribution in [-0.4, -0.2) is 38.3 Å². The molecule has 36 heavy (non-hydrogen) atoms. The van der Waals surface area contributed by atoms with E-state index in [4.69, 9.17) is 24.4 Å². The van der Waals surface area contributed by atoms with E-state index in [0.717, 1.165) is 16.8 Å². The molecule has 0 fully saturated rings. The summed E-state index contributed by atoms with van der Waals surface area (Å²) in [6, 6.07) is 22.8. The van der Waals surface area contributed by atoms with Gasteiger partial charge in [-0.2, -0.15) is 0 Å². The first-order chi connectivity index (χ1) is 17.6. The van der Waals surface area contributed by atoms with Crippen LogP contribution in [0.1, 0.15) is 11.4 Å². The van der Waals surface area contributed by atoms with Crippen molar-refractivity contribution >= 4 is 33.2 Å². The summed E-state index contributed by atoms with van der Waals surface area (Å²) in [5.74, 6) is 1.86. The van der Waals surface area contributed by atoms with E-state index in [1.54, 1.807) is 18.8 Å². The second-order valence-electron chi connectivity index (χ2n) is 8.45. The Morgan fingerprint density at radius 1 is 0.750 bits per heavy atom. The second kappa shape index (κ2) is 8.49. The van der Waals surface area contributed by atoms with E-state index in [1.165, 1.54) is 0 Å². The van der Waals surface area contributed by atoms with E-state index in [9.17, 15) is 4.79 Å². The van der Waals surface area contributed by atoms with Crippen LogP contribution in [0.15, 0.2) is 77.6 Å². The number of methoxy groups -OCH3 is 2. The van der Waals surface area contributed by atoms with Crippen molar-refractivity contribution in [2.45, 2.75) is 13.5 Å². The summed E-state index contributed by atoms with van der Waals surface area (Å²) in [5.41, 5.74) is 4.44. The minimum absolute atomic E-state index is 0.227. The summed E-state index contributed by atoms with van der Waals surface area (Å²) >= 11 is 0. The maximum absolute atomic E-state index is 14.1. The molecule has 0 saturated carbocycles. The van der Waals surface area contributed by atoms with Crippen LogP contribution in [0.25, 0.3) is 38.9 Å². The van der Waals surface area contributed by atoms with Gasteiger partial charge in [0.25, 0.3) is 5.56 Å². The summed E-state index contributed by atoms with van der Waals surface area (Å²) in [5, 5.41) is 0.412. The monoisotopic (exact) mass is 477 g/mol. The first-order valence-electron chi connectivity index (χ1n) is 11.5. The number of nitrogens with zero attached hydrogens (tertiary/aromatic N) is 5. The van der Waals surface area contributed by atoms with Gasteiger partial charge in [-0.05, 0) is 37.3 Å². The smallest absolute Gasteiger partial charge is 0.270 e. The topological polar surface area (TPSA) is 84.1 Å². The van der Waals surface area contributed by atoms with Crippen LogP contribution in [0.4, 0.5) is 0 Å². The van der Waals surface area contributed by atoms with Gasteiger partial charge in [-0.1, -0.05) is 42.5 Å². The first kappa shape index (κ1) is 21.8. The Kier molecular flexibility index (Phi) is 5.14. The van der Waals surface area contributed by atoms with Crippen LogP contribution < -0.4 is 15.0 Å². The molecule has 0 aliphatic carbocycles. The Morgan fingerprint density at radius 3 is 2.14 bits per heavy atom. The Morgan fingerprint density at radius 2 is 1.39 bits per heavy atom. The number of ether oxygens (including phenoxy) is 2. The number of aryl methyl sites for hydroxylation is 1. The number of aromatic nitrogens is 5. The van der Waals surface area contributed by atoms with E-state index in [0.29, 0.717) is 51.5 Å². The Bertz CT molecular complexity index is 1840. The summed E-state index contributed by atoms with van der Waals surface area (Å²) in [7, 11) is 3.23. The Balaban J connectivity index is 1.73. The van der Waals surface area contributed by atoms with Gasteiger partial charge in [0.15, 0.2) is 11.3 Å². The SMILES string of the molecule is COc1ccccc1Cn1c2nc3ccccc3nc2c2c(=O)n(-c3ccccc3OC)c(C)nc21. The van der Waals surface area contributed by atoms with Gasteiger partial charge in [0.1, 0.15) is 28.2 Å². The Hall–Kier alpha value is -4.72. The molecule has 0 aliphatic rings. The minimum Gasteiger partial charge on any atom is -0.496 e. The van der Waals surface area contributed by atoms with Crippen molar-refractivity contribution in [1.29, 1.82) is 0 Å². The van der Waals surface area contributed by atoms with E-state index >= 15 is 0 Å². The van der Waals surface area contributed by atoms with Gasteiger partial charge < -0.3 is 14.0 Å². The van der Waals surface area contributed by atoms with Crippen LogP contribution in [0.5, 0.6) is 11.5 Å². The average Bonchev–Trinajstić information content (AvgIpc) is 3.20. The maximum Gasteiger partial charge on any atom is 0.270 e. The van der Waals surface area contributed by atoms with Crippen LogP contribution in [0.2, 0.25) is 0 Å². The molecule has 0 amide bonds. The predicted octanol–water partition coefficient (Wildman–Crippen LogP) is 4.66. The van der Waals surface area contributed by atoms with E-state index in [-0.39, 0.29) is 5.56 Å². The number of para-hydroxylation sites is 5. The van der Waals surface area contributed by atoms with Crippen molar-refractivity contribution in [2.24, 2.45) is 0 Å². The fraction of sp³-hybridized carbons (Fsp3) is 0.143. The lowest BCUT2D eigenvalue weighted by Crippen LogP contribution is -2.23. The molecule has 0 spiro atoms. The zero-order chi connectivity index (χ0) is 24.8. The molecule has 0 N–H and O–H groups in total. The molecule has 0 aliphatic heterocycles. The predicted molar refractivity (Wildman–Crippen MR) is 139 cm³/mol. The molecule has 3 aromatic heterocycles. The summed E-state index contributed by atoms with van der Waals surface area (Å²) in [6.07, 6.45) is 0. The van der Waals surface area contributed by atoms with Gasteiger partial charge in [0, 0.05) is 5.56 Å². The molecule has 0 bridgehead atoms. The average molecular weight is 478 g/mol. The molecule has 8 nitrogen and oxygen atoms in total. The van der Waals surface area contributed by atoms with Crippen LogP contribution >= 0.6 is 0 Å². The number of hydrogen-bond acceptors (Lipinski definition) is 6. The highest BCUT2D eigenvalue weighted by Gasteiger charge is 2.23. The normalized spacial score (nSPS) is 11.4. The molecular weight excluding hydrogens is 454 g/mol. The molecule has 0 radical (unpaired) electrons. The molecule has 6 aromatic rings. The van der Waals surface area contributed by atoms with E-state index in [2.05, 4.69) is 0 Å². The third kappa shape index (κ3) is 3.30. The largest absolute Gasteiger partial charge is 0.496 e. The Labute approximate surface area is 206 Å². The van der Waals surface area contributed by atoms with Gasteiger partial charge >= 0.3 is 0 Å². The van der Waals surface area contributed by atoms with Gasteiger partial charge in [-0.15, -0.1) is 0 Å². The molecule has 0 unspecified atom stereocenters. The minimum atomic E-state index is -0.227. The van der Waals surface area contributed by atoms with E-state index in [1.807, 2.05) is 84.3 Å². The highest BCUT2D eigenvalue weighted by molar-refractivity contribution is 6.04. The molecule has 3 aromatic carbocycles. The van der Waals surface area contributed by atoms with Crippen LogP contribution in [0.3, 0.4) is 0 Å². The lowest BCUT2D eigenvalue weighted by Gasteiger charge is -2.14. The zero-order valence-corrected chi connectivity index (χ0v) is 20.1. The quantitative estimate of drug-likeness (QED) is 0.359. The molecule has 3 heterocycles. The molecule has 6 rings (SSSR count). The fourth-order valence-electron chi connectivity index (χ4n) is 4.71. The lowest BCUT2D eigenvalue weighted by molar-refractivity contribution is 0.408.